The van der Waals surface area contributed by atoms with Crippen LogP contribution in [0.4, 0.5) is 0 Å². The van der Waals surface area contributed by atoms with Crippen LogP contribution in [0.25, 0.3) is 0 Å². The minimum Gasteiger partial charge on any atom is -0.355 e. The first-order valence-corrected chi connectivity index (χ1v) is 9.91. The average molecular weight is 374 g/mol. The Hall–Kier alpha value is -1.15. The summed E-state index contributed by atoms with van der Waals surface area (Å²) in [5.74, 6) is -0.0286. The quantitative estimate of drug-likeness (QED) is 0.848. The van der Waals surface area contributed by atoms with Gasteiger partial charge < -0.3 is 5.32 Å². The van der Waals surface area contributed by atoms with Gasteiger partial charge in [0, 0.05) is 31.2 Å². The van der Waals surface area contributed by atoms with Gasteiger partial charge in [0.2, 0.25) is 15.9 Å². The molecule has 0 atom stereocenters. The molecular weight excluding hydrogens is 350 g/mol. The second-order valence-electron chi connectivity index (χ2n) is 5.90. The molecule has 2 rings (SSSR count). The maximum absolute atomic E-state index is 12.8. The Morgan fingerprint density at radius 1 is 1.25 bits per heavy atom. The zero-order valence-electron chi connectivity index (χ0n) is 14.1. The van der Waals surface area contributed by atoms with Crippen LogP contribution in [0.15, 0.2) is 23.1 Å². The van der Waals surface area contributed by atoms with Gasteiger partial charge in [-0.25, -0.2) is 8.42 Å². The topological polar surface area (TPSA) is 69.7 Å². The van der Waals surface area contributed by atoms with Crippen molar-refractivity contribution >= 4 is 27.5 Å². The molecule has 8 heteroatoms. The minimum atomic E-state index is -3.57. The molecule has 1 saturated heterocycles. The number of nitrogens with one attached hydrogen (secondary N) is 1. The Morgan fingerprint density at radius 2 is 2.00 bits per heavy atom. The van der Waals surface area contributed by atoms with E-state index >= 15 is 0 Å². The van der Waals surface area contributed by atoms with Crippen molar-refractivity contribution in [2.45, 2.75) is 25.2 Å². The SMILES string of the molecule is CCNC(=O)CN1CCCN(S(=O)(=O)c2ccc(C)c(Cl)c2)CC1. The maximum Gasteiger partial charge on any atom is 0.243 e. The highest BCUT2D eigenvalue weighted by Crippen LogP contribution is 2.23. The number of amides is 1. The van der Waals surface area contributed by atoms with Gasteiger partial charge in [-0.2, -0.15) is 4.31 Å². The number of benzene rings is 1. The average Bonchev–Trinajstić information content (AvgIpc) is 2.76. The highest BCUT2D eigenvalue weighted by atomic mass is 35.5. The fraction of sp³-hybridized carbons (Fsp3) is 0.562. The molecule has 134 valence electrons. The lowest BCUT2D eigenvalue weighted by Crippen LogP contribution is -2.40. The predicted molar refractivity (Wildman–Crippen MR) is 94.7 cm³/mol. The molecular formula is C16H24ClN3O3S. The summed E-state index contributed by atoms with van der Waals surface area (Å²) in [5, 5.41) is 3.21. The van der Waals surface area contributed by atoms with Crippen LogP contribution in [0, 0.1) is 6.92 Å². The fourth-order valence-corrected chi connectivity index (χ4v) is 4.43. The van der Waals surface area contributed by atoms with Crippen LogP contribution >= 0.6 is 11.6 Å². The van der Waals surface area contributed by atoms with Gasteiger partial charge in [0.1, 0.15) is 0 Å². The van der Waals surface area contributed by atoms with Crippen molar-refractivity contribution < 1.29 is 13.2 Å². The normalized spacial score (nSPS) is 17.5. The summed E-state index contributed by atoms with van der Waals surface area (Å²) < 4.78 is 27.1. The molecule has 1 heterocycles. The van der Waals surface area contributed by atoms with E-state index in [0.717, 1.165) is 5.56 Å². The monoisotopic (exact) mass is 373 g/mol. The molecule has 1 aliphatic rings. The first-order chi connectivity index (χ1) is 11.3. The molecule has 0 aromatic heterocycles. The Morgan fingerprint density at radius 3 is 2.67 bits per heavy atom. The zero-order chi connectivity index (χ0) is 17.7. The van der Waals surface area contributed by atoms with E-state index in [4.69, 9.17) is 11.6 Å². The molecule has 0 unspecified atom stereocenters. The largest absolute Gasteiger partial charge is 0.355 e. The summed E-state index contributed by atoms with van der Waals surface area (Å²) in [6, 6.07) is 4.81. The Bertz CT molecular complexity index is 694. The Balaban J connectivity index is 2.06. The van der Waals surface area contributed by atoms with Crippen LogP contribution in [0.3, 0.4) is 0 Å². The minimum absolute atomic E-state index is 0.0286. The summed E-state index contributed by atoms with van der Waals surface area (Å²) in [6.07, 6.45) is 0.693. The number of sulfonamides is 1. The molecule has 1 aromatic carbocycles. The third kappa shape index (κ3) is 4.69. The molecule has 6 nitrogen and oxygen atoms in total. The number of carbonyl (C=O) groups excluding carboxylic acids is 1. The molecule has 24 heavy (non-hydrogen) atoms. The lowest BCUT2D eigenvalue weighted by atomic mass is 10.2. The Labute approximate surface area is 148 Å². The summed E-state index contributed by atoms with van der Waals surface area (Å²) in [4.78, 5) is 13.9. The summed E-state index contributed by atoms with van der Waals surface area (Å²) in [6.45, 7) is 6.67. The predicted octanol–water partition coefficient (Wildman–Crippen LogP) is 1.48. The van der Waals surface area contributed by atoms with Gasteiger partial charge in [-0.15, -0.1) is 0 Å². The molecule has 0 radical (unpaired) electrons. The first-order valence-electron chi connectivity index (χ1n) is 8.10. The van der Waals surface area contributed by atoms with Crippen LogP contribution in [0.2, 0.25) is 5.02 Å². The van der Waals surface area contributed by atoms with E-state index in [0.29, 0.717) is 50.7 Å². The maximum atomic E-state index is 12.8. The smallest absolute Gasteiger partial charge is 0.243 e. The molecule has 0 spiro atoms. The molecule has 0 saturated carbocycles. The van der Waals surface area contributed by atoms with Crippen molar-refractivity contribution in [2.24, 2.45) is 0 Å². The van der Waals surface area contributed by atoms with E-state index < -0.39 is 10.0 Å². The number of hydrogen-bond acceptors (Lipinski definition) is 4. The number of hydrogen-bond donors (Lipinski definition) is 1. The van der Waals surface area contributed by atoms with Gasteiger partial charge in [0.25, 0.3) is 0 Å². The zero-order valence-corrected chi connectivity index (χ0v) is 15.7. The van der Waals surface area contributed by atoms with Gasteiger partial charge in [0.05, 0.1) is 11.4 Å². The van der Waals surface area contributed by atoms with Crippen molar-refractivity contribution in [3.63, 3.8) is 0 Å². The van der Waals surface area contributed by atoms with Gasteiger partial charge in [-0.3, -0.25) is 9.69 Å². The van der Waals surface area contributed by atoms with Crippen molar-refractivity contribution in [1.29, 1.82) is 0 Å². The summed E-state index contributed by atoms with van der Waals surface area (Å²) in [7, 11) is -3.57. The van der Waals surface area contributed by atoms with Gasteiger partial charge in [0.15, 0.2) is 0 Å². The van der Waals surface area contributed by atoms with Crippen LogP contribution in [-0.2, 0) is 14.8 Å². The van der Waals surface area contributed by atoms with E-state index in [1.807, 2.05) is 18.7 Å². The van der Waals surface area contributed by atoms with E-state index in [9.17, 15) is 13.2 Å². The third-order valence-corrected chi connectivity index (χ3v) is 6.37. The van der Waals surface area contributed by atoms with Crippen molar-refractivity contribution in [2.75, 3.05) is 39.3 Å². The highest BCUT2D eigenvalue weighted by Gasteiger charge is 2.27. The highest BCUT2D eigenvalue weighted by molar-refractivity contribution is 7.89. The summed E-state index contributed by atoms with van der Waals surface area (Å²) in [5.41, 5.74) is 0.847. The fourth-order valence-electron chi connectivity index (χ4n) is 2.68. The molecule has 0 bridgehead atoms. The second-order valence-corrected chi connectivity index (χ2v) is 8.24. The number of carbonyl (C=O) groups is 1. The molecule has 1 fully saturated rings. The van der Waals surface area contributed by atoms with Crippen LogP contribution in [0.5, 0.6) is 0 Å². The molecule has 1 aliphatic heterocycles. The lowest BCUT2D eigenvalue weighted by molar-refractivity contribution is -0.122. The van der Waals surface area contributed by atoms with E-state index in [2.05, 4.69) is 5.32 Å². The number of likely N-dealkylation sites (N-methyl/N-ethyl adjacent to an activating group) is 1. The lowest BCUT2D eigenvalue weighted by Gasteiger charge is -2.21. The second kappa shape index (κ2) is 8.29. The van der Waals surface area contributed by atoms with Gasteiger partial charge >= 0.3 is 0 Å². The molecule has 1 N–H and O–H groups in total. The Kier molecular flexibility index (Phi) is 6.62. The van der Waals surface area contributed by atoms with Crippen molar-refractivity contribution in [3.05, 3.63) is 28.8 Å². The van der Waals surface area contributed by atoms with Gasteiger partial charge in [-0.1, -0.05) is 17.7 Å². The molecule has 1 aromatic rings. The number of nitrogens with zero attached hydrogens (tertiary/aromatic N) is 2. The van der Waals surface area contributed by atoms with E-state index in [1.54, 1.807) is 12.1 Å². The molecule has 0 aliphatic carbocycles. The van der Waals surface area contributed by atoms with Crippen LogP contribution < -0.4 is 5.32 Å². The van der Waals surface area contributed by atoms with Gasteiger partial charge in [-0.05, 0) is 44.5 Å². The van der Waals surface area contributed by atoms with Crippen LogP contribution in [-0.4, -0.2) is 62.8 Å². The third-order valence-electron chi connectivity index (χ3n) is 4.07. The molecule has 1 amide bonds. The van der Waals surface area contributed by atoms with Crippen LogP contribution in [0.1, 0.15) is 18.9 Å². The van der Waals surface area contributed by atoms with E-state index in [-0.39, 0.29) is 10.8 Å². The first kappa shape index (κ1) is 19.2. The number of aryl methyl sites for hydroxylation is 1. The number of halogens is 1. The standard InChI is InChI=1S/C16H24ClN3O3S/c1-3-18-16(21)12-19-7-4-8-20(10-9-19)24(22,23)14-6-5-13(2)15(17)11-14/h5-6,11H,3-4,7-10,12H2,1-2H3,(H,18,21). The van der Waals surface area contributed by atoms with Crippen molar-refractivity contribution in [1.82, 2.24) is 14.5 Å². The number of rotatable bonds is 5. The van der Waals surface area contributed by atoms with E-state index in [1.165, 1.54) is 10.4 Å². The van der Waals surface area contributed by atoms with Crippen molar-refractivity contribution in [3.8, 4) is 0 Å². The summed E-state index contributed by atoms with van der Waals surface area (Å²) >= 11 is 6.07.